The van der Waals surface area contributed by atoms with E-state index < -0.39 is 12.0 Å². The standard InChI is InChI=1S/C17H17NO3S/c19-16(8-7-14-6-3-9-22-14)18-11-13-5-2-1-4-12(13)10-15(18)17(20)21/h1-6,9,15H,7-8,10-11H2,(H,20,21)/t15-/m0/s1. The fourth-order valence-corrected chi connectivity index (χ4v) is 3.54. The van der Waals surface area contributed by atoms with E-state index in [2.05, 4.69) is 0 Å². The minimum absolute atomic E-state index is 0.0877. The zero-order chi connectivity index (χ0) is 15.5. The highest BCUT2D eigenvalue weighted by atomic mass is 32.1. The summed E-state index contributed by atoms with van der Waals surface area (Å²) in [4.78, 5) is 26.7. The molecule has 5 heteroatoms. The van der Waals surface area contributed by atoms with Gasteiger partial charge in [0.25, 0.3) is 0 Å². The predicted molar refractivity (Wildman–Crippen MR) is 84.8 cm³/mol. The quantitative estimate of drug-likeness (QED) is 0.944. The van der Waals surface area contributed by atoms with Crippen LogP contribution in [0.1, 0.15) is 22.4 Å². The van der Waals surface area contributed by atoms with Crippen LogP contribution < -0.4 is 0 Å². The maximum atomic E-state index is 12.5. The molecule has 0 fully saturated rings. The number of amides is 1. The van der Waals surface area contributed by atoms with Crippen molar-refractivity contribution in [3.63, 3.8) is 0 Å². The molecule has 0 bridgehead atoms. The summed E-state index contributed by atoms with van der Waals surface area (Å²) < 4.78 is 0. The van der Waals surface area contributed by atoms with E-state index in [1.807, 2.05) is 41.8 Å². The van der Waals surface area contributed by atoms with Crippen LogP contribution >= 0.6 is 11.3 Å². The second-order valence-electron chi connectivity index (χ2n) is 5.43. The van der Waals surface area contributed by atoms with Gasteiger partial charge >= 0.3 is 5.97 Å². The predicted octanol–water partition coefficient (Wildman–Crippen LogP) is 2.72. The number of hydrogen-bond acceptors (Lipinski definition) is 3. The van der Waals surface area contributed by atoms with Crippen molar-refractivity contribution < 1.29 is 14.7 Å². The largest absolute Gasteiger partial charge is 0.480 e. The van der Waals surface area contributed by atoms with Crippen molar-refractivity contribution in [2.45, 2.75) is 31.8 Å². The fraction of sp³-hybridized carbons (Fsp3) is 0.294. The van der Waals surface area contributed by atoms with Crippen LogP contribution in [0.25, 0.3) is 0 Å². The Balaban J connectivity index is 1.75. The molecule has 0 saturated carbocycles. The average molecular weight is 315 g/mol. The molecule has 1 amide bonds. The maximum Gasteiger partial charge on any atom is 0.326 e. The Labute approximate surface area is 133 Å². The zero-order valence-electron chi connectivity index (χ0n) is 12.1. The highest BCUT2D eigenvalue weighted by molar-refractivity contribution is 7.09. The summed E-state index contributed by atoms with van der Waals surface area (Å²) >= 11 is 1.62. The van der Waals surface area contributed by atoms with Crippen molar-refractivity contribution in [2.24, 2.45) is 0 Å². The number of rotatable bonds is 4. The number of nitrogens with zero attached hydrogens (tertiary/aromatic N) is 1. The molecule has 0 aliphatic carbocycles. The van der Waals surface area contributed by atoms with Crippen molar-refractivity contribution in [2.75, 3.05) is 0 Å². The van der Waals surface area contributed by atoms with Gasteiger partial charge in [-0.25, -0.2) is 4.79 Å². The van der Waals surface area contributed by atoms with E-state index in [4.69, 9.17) is 0 Å². The molecule has 2 heterocycles. The lowest BCUT2D eigenvalue weighted by Crippen LogP contribution is -2.48. The van der Waals surface area contributed by atoms with Crippen molar-refractivity contribution in [3.05, 3.63) is 57.8 Å². The molecule has 1 aliphatic rings. The lowest BCUT2D eigenvalue weighted by molar-refractivity contribution is -0.151. The van der Waals surface area contributed by atoms with Gasteiger partial charge in [0.05, 0.1) is 0 Å². The van der Waals surface area contributed by atoms with Gasteiger partial charge in [0.2, 0.25) is 5.91 Å². The summed E-state index contributed by atoms with van der Waals surface area (Å²) in [6.45, 7) is 0.385. The zero-order valence-corrected chi connectivity index (χ0v) is 12.9. The Morgan fingerprint density at radius 2 is 1.95 bits per heavy atom. The fourth-order valence-electron chi connectivity index (χ4n) is 2.83. The number of carbonyl (C=O) groups is 2. The van der Waals surface area contributed by atoms with Gasteiger partial charge in [0.1, 0.15) is 6.04 Å². The molecule has 1 aliphatic heterocycles. The van der Waals surface area contributed by atoms with E-state index in [0.29, 0.717) is 25.8 Å². The molecule has 1 N–H and O–H groups in total. The first-order valence-corrected chi connectivity index (χ1v) is 8.14. The number of carboxylic acids is 1. The van der Waals surface area contributed by atoms with Crippen LogP contribution in [0.5, 0.6) is 0 Å². The molecule has 0 saturated heterocycles. The average Bonchev–Trinajstić information content (AvgIpc) is 3.04. The molecule has 1 atom stereocenters. The van der Waals surface area contributed by atoms with Gasteiger partial charge in [0.15, 0.2) is 0 Å². The molecule has 0 radical (unpaired) electrons. The highest BCUT2D eigenvalue weighted by Crippen LogP contribution is 2.24. The molecule has 114 valence electrons. The van der Waals surface area contributed by atoms with Gasteiger partial charge in [-0.1, -0.05) is 30.3 Å². The first-order chi connectivity index (χ1) is 10.6. The number of carboxylic acid groups (broad SMARTS) is 1. The van der Waals surface area contributed by atoms with Gasteiger partial charge < -0.3 is 10.0 Å². The van der Waals surface area contributed by atoms with Crippen molar-refractivity contribution in [3.8, 4) is 0 Å². The SMILES string of the molecule is O=C(O)[C@@H]1Cc2ccccc2CN1C(=O)CCc1cccs1. The molecule has 0 spiro atoms. The van der Waals surface area contributed by atoms with Crippen molar-refractivity contribution >= 4 is 23.2 Å². The van der Waals surface area contributed by atoms with Gasteiger partial charge in [0, 0.05) is 24.3 Å². The molecule has 0 unspecified atom stereocenters. The monoisotopic (exact) mass is 315 g/mol. The number of hydrogen-bond donors (Lipinski definition) is 1. The van der Waals surface area contributed by atoms with E-state index in [1.165, 1.54) is 4.90 Å². The molecule has 3 rings (SSSR count). The third kappa shape index (κ3) is 3.04. The van der Waals surface area contributed by atoms with E-state index >= 15 is 0 Å². The maximum absolute atomic E-state index is 12.5. The topological polar surface area (TPSA) is 57.6 Å². The Morgan fingerprint density at radius 1 is 1.18 bits per heavy atom. The normalized spacial score (nSPS) is 17.1. The number of thiophene rings is 1. The summed E-state index contributed by atoms with van der Waals surface area (Å²) in [6, 6.07) is 10.9. The van der Waals surface area contributed by atoms with Gasteiger partial charge in [-0.2, -0.15) is 0 Å². The molecular formula is C17H17NO3S. The van der Waals surface area contributed by atoms with Gasteiger partial charge in [-0.15, -0.1) is 11.3 Å². The molecular weight excluding hydrogens is 298 g/mol. The van der Waals surface area contributed by atoms with E-state index in [0.717, 1.165) is 16.0 Å². The van der Waals surface area contributed by atoms with Crippen LogP contribution in [0.3, 0.4) is 0 Å². The molecule has 1 aromatic carbocycles. The van der Waals surface area contributed by atoms with Crippen molar-refractivity contribution in [1.82, 2.24) is 4.90 Å². The summed E-state index contributed by atoms with van der Waals surface area (Å²) in [5, 5.41) is 11.4. The molecule has 4 nitrogen and oxygen atoms in total. The minimum Gasteiger partial charge on any atom is -0.480 e. The number of fused-ring (bicyclic) bond motifs is 1. The first-order valence-electron chi connectivity index (χ1n) is 7.26. The lowest BCUT2D eigenvalue weighted by Gasteiger charge is -2.34. The Kier molecular flexibility index (Phi) is 4.24. The lowest BCUT2D eigenvalue weighted by atomic mass is 9.93. The van der Waals surface area contributed by atoms with E-state index in [9.17, 15) is 14.7 Å². The van der Waals surface area contributed by atoms with E-state index in [-0.39, 0.29) is 5.91 Å². The highest BCUT2D eigenvalue weighted by Gasteiger charge is 2.34. The number of aliphatic carboxylic acids is 1. The van der Waals surface area contributed by atoms with Crippen LogP contribution in [-0.2, 0) is 29.0 Å². The number of carbonyl (C=O) groups excluding carboxylic acids is 1. The third-order valence-electron chi connectivity index (χ3n) is 4.02. The van der Waals surface area contributed by atoms with Crippen LogP contribution in [0.2, 0.25) is 0 Å². The summed E-state index contributed by atoms with van der Waals surface area (Å²) in [7, 11) is 0. The second kappa shape index (κ2) is 6.32. The van der Waals surface area contributed by atoms with Gasteiger partial charge in [-0.3, -0.25) is 4.79 Å². The van der Waals surface area contributed by atoms with Crippen molar-refractivity contribution in [1.29, 1.82) is 0 Å². The second-order valence-corrected chi connectivity index (χ2v) is 6.46. The number of aryl methyl sites for hydroxylation is 1. The van der Waals surface area contributed by atoms with E-state index in [1.54, 1.807) is 11.3 Å². The van der Waals surface area contributed by atoms with Crippen LogP contribution in [0, 0.1) is 0 Å². The smallest absolute Gasteiger partial charge is 0.326 e. The number of benzene rings is 1. The Bertz CT molecular complexity index is 681. The molecule has 22 heavy (non-hydrogen) atoms. The van der Waals surface area contributed by atoms with Gasteiger partial charge in [-0.05, 0) is 29.0 Å². The van der Waals surface area contributed by atoms with Crippen LogP contribution in [-0.4, -0.2) is 27.9 Å². The summed E-state index contributed by atoms with van der Waals surface area (Å²) in [5.41, 5.74) is 2.07. The third-order valence-corrected chi connectivity index (χ3v) is 4.96. The minimum atomic E-state index is -0.932. The molecule has 2 aromatic rings. The van der Waals surface area contributed by atoms with Crippen LogP contribution in [0.15, 0.2) is 41.8 Å². The Hall–Kier alpha value is -2.14. The molecule has 1 aromatic heterocycles. The van der Waals surface area contributed by atoms with Crippen LogP contribution in [0.4, 0.5) is 0 Å². The summed E-state index contributed by atoms with van der Waals surface area (Å²) in [5.74, 6) is -1.02. The first kappa shape index (κ1) is 14.8. The summed E-state index contributed by atoms with van der Waals surface area (Å²) in [6.07, 6.45) is 1.41. The Morgan fingerprint density at radius 3 is 2.64 bits per heavy atom.